The third-order valence-electron chi connectivity index (χ3n) is 2.75. The molecule has 0 saturated heterocycles. The van der Waals surface area contributed by atoms with Crippen LogP contribution in [0.2, 0.25) is 0 Å². The molecular formula is C15H21N3O. The molecule has 2 aromatic rings. The zero-order chi connectivity index (χ0) is 13.7. The molecule has 102 valence electrons. The van der Waals surface area contributed by atoms with Gasteiger partial charge in [-0.05, 0) is 18.5 Å². The number of aromatic nitrogens is 2. The first-order chi connectivity index (χ1) is 9.15. The molecule has 0 radical (unpaired) electrons. The summed E-state index contributed by atoms with van der Waals surface area (Å²) < 4.78 is 7.60. The maximum absolute atomic E-state index is 5.86. The first kappa shape index (κ1) is 13.6. The van der Waals surface area contributed by atoms with E-state index in [1.54, 1.807) is 10.9 Å². The van der Waals surface area contributed by atoms with E-state index in [0.717, 1.165) is 30.2 Å². The van der Waals surface area contributed by atoms with Gasteiger partial charge < -0.3 is 10.1 Å². The summed E-state index contributed by atoms with van der Waals surface area (Å²) in [4.78, 5) is 0. The number of nitrogens with zero attached hydrogens (tertiary/aromatic N) is 2. The summed E-state index contributed by atoms with van der Waals surface area (Å²) in [6, 6.07) is 8.08. The van der Waals surface area contributed by atoms with Crippen molar-refractivity contribution in [2.75, 3.05) is 6.54 Å². The third-order valence-corrected chi connectivity index (χ3v) is 2.75. The highest BCUT2D eigenvalue weighted by molar-refractivity contribution is 5.36. The fourth-order valence-corrected chi connectivity index (χ4v) is 1.82. The van der Waals surface area contributed by atoms with E-state index in [1.807, 2.05) is 31.4 Å². The molecule has 0 aliphatic heterocycles. The number of para-hydroxylation sites is 1. The Labute approximate surface area is 114 Å². The van der Waals surface area contributed by atoms with Gasteiger partial charge in [-0.15, -0.1) is 0 Å². The number of aryl methyl sites for hydroxylation is 1. The average Bonchev–Trinajstić information content (AvgIpc) is 2.77. The van der Waals surface area contributed by atoms with E-state index < -0.39 is 0 Å². The Hall–Kier alpha value is -1.81. The molecule has 19 heavy (non-hydrogen) atoms. The summed E-state index contributed by atoms with van der Waals surface area (Å²) in [6.07, 6.45) is 3.58. The second kappa shape index (κ2) is 6.38. The van der Waals surface area contributed by atoms with Gasteiger partial charge in [-0.3, -0.25) is 4.68 Å². The topological polar surface area (TPSA) is 39.1 Å². The molecule has 1 heterocycles. The van der Waals surface area contributed by atoms with Crippen LogP contribution in [0.25, 0.3) is 0 Å². The highest BCUT2D eigenvalue weighted by atomic mass is 16.5. The summed E-state index contributed by atoms with van der Waals surface area (Å²) in [7, 11) is 1.88. The third kappa shape index (κ3) is 4.10. The zero-order valence-corrected chi connectivity index (χ0v) is 11.8. The lowest BCUT2D eigenvalue weighted by Crippen LogP contribution is -2.19. The quantitative estimate of drug-likeness (QED) is 0.867. The Bertz CT molecular complexity index is 520. The molecule has 0 aliphatic carbocycles. The van der Waals surface area contributed by atoms with Gasteiger partial charge in [0.25, 0.3) is 0 Å². The predicted octanol–water partition coefficient (Wildman–Crippen LogP) is 2.96. The highest BCUT2D eigenvalue weighted by Crippen LogP contribution is 2.24. The van der Waals surface area contributed by atoms with Gasteiger partial charge in [0.1, 0.15) is 5.75 Å². The lowest BCUT2D eigenvalue weighted by atomic mass is 10.2. The van der Waals surface area contributed by atoms with Crippen molar-refractivity contribution in [3.63, 3.8) is 0 Å². The van der Waals surface area contributed by atoms with Crippen LogP contribution in [0.3, 0.4) is 0 Å². The van der Waals surface area contributed by atoms with Gasteiger partial charge in [-0.1, -0.05) is 32.0 Å². The van der Waals surface area contributed by atoms with Crippen LogP contribution in [0.15, 0.2) is 36.7 Å². The predicted molar refractivity (Wildman–Crippen MR) is 76.3 cm³/mol. The van der Waals surface area contributed by atoms with Crippen LogP contribution in [-0.2, 0) is 13.6 Å². The van der Waals surface area contributed by atoms with Crippen LogP contribution in [0.4, 0.5) is 0 Å². The summed E-state index contributed by atoms with van der Waals surface area (Å²) in [5, 5.41) is 7.54. The fraction of sp³-hybridized carbons (Fsp3) is 0.400. The van der Waals surface area contributed by atoms with Crippen LogP contribution in [0.1, 0.15) is 19.4 Å². The van der Waals surface area contributed by atoms with Crippen molar-refractivity contribution in [2.24, 2.45) is 13.0 Å². The molecule has 0 spiro atoms. The molecule has 2 rings (SSSR count). The van der Waals surface area contributed by atoms with Crippen molar-refractivity contribution >= 4 is 0 Å². The fourth-order valence-electron chi connectivity index (χ4n) is 1.82. The van der Waals surface area contributed by atoms with Crippen molar-refractivity contribution in [1.29, 1.82) is 0 Å². The molecule has 0 atom stereocenters. The molecule has 1 aromatic heterocycles. The van der Waals surface area contributed by atoms with E-state index in [2.05, 4.69) is 30.3 Å². The van der Waals surface area contributed by atoms with Gasteiger partial charge in [-0.2, -0.15) is 5.10 Å². The first-order valence-corrected chi connectivity index (χ1v) is 6.60. The lowest BCUT2D eigenvalue weighted by molar-refractivity contribution is 0.468. The van der Waals surface area contributed by atoms with E-state index in [4.69, 9.17) is 4.74 Å². The van der Waals surface area contributed by atoms with Gasteiger partial charge in [0, 0.05) is 19.2 Å². The molecule has 4 heteroatoms. The second-order valence-corrected chi connectivity index (χ2v) is 5.08. The summed E-state index contributed by atoms with van der Waals surface area (Å²) >= 11 is 0. The Balaban J connectivity index is 2.03. The maximum atomic E-state index is 5.86. The first-order valence-electron chi connectivity index (χ1n) is 6.60. The van der Waals surface area contributed by atoms with Crippen LogP contribution < -0.4 is 10.1 Å². The smallest absolute Gasteiger partial charge is 0.165 e. The van der Waals surface area contributed by atoms with Crippen LogP contribution in [0, 0.1) is 5.92 Å². The minimum atomic E-state index is 0.645. The highest BCUT2D eigenvalue weighted by Gasteiger charge is 2.05. The average molecular weight is 259 g/mol. The van der Waals surface area contributed by atoms with Crippen molar-refractivity contribution in [2.45, 2.75) is 20.4 Å². The van der Waals surface area contributed by atoms with E-state index in [1.165, 1.54) is 0 Å². The Morgan fingerprint density at radius 1 is 1.32 bits per heavy atom. The number of hydrogen-bond donors (Lipinski definition) is 1. The lowest BCUT2D eigenvalue weighted by Gasteiger charge is -2.11. The monoisotopic (exact) mass is 259 g/mol. The van der Waals surface area contributed by atoms with E-state index in [9.17, 15) is 0 Å². The molecule has 0 fully saturated rings. The van der Waals surface area contributed by atoms with Crippen molar-refractivity contribution in [1.82, 2.24) is 15.1 Å². The van der Waals surface area contributed by atoms with Crippen LogP contribution >= 0.6 is 0 Å². The molecule has 0 unspecified atom stereocenters. The maximum Gasteiger partial charge on any atom is 0.165 e. The van der Waals surface area contributed by atoms with Gasteiger partial charge in [0.2, 0.25) is 0 Å². The van der Waals surface area contributed by atoms with Crippen LogP contribution in [-0.4, -0.2) is 16.3 Å². The molecule has 1 aromatic carbocycles. The van der Waals surface area contributed by atoms with E-state index in [0.29, 0.717) is 5.92 Å². The van der Waals surface area contributed by atoms with Gasteiger partial charge in [0.05, 0.1) is 12.4 Å². The van der Waals surface area contributed by atoms with Gasteiger partial charge in [-0.25, -0.2) is 0 Å². The summed E-state index contributed by atoms with van der Waals surface area (Å²) in [6.45, 7) is 6.21. The normalized spacial score (nSPS) is 10.9. The number of nitrogens with one attached hydrogen (secondary N) is 1. The number of benzene rings is 1. The van der Waals surface area contributed by atoms with Gasteiger partial charge in [0.15, 0.2) is 5.75 Å². The van der Waals surface area contributed by atoms with Gasteiger partial charge >= 0.3 is 0 Å². The molecule has 1 N–H and O–H groups in total. The Kier molecular flexibility index (Phi) is 4.58. The number of ether oxygens (including phenoxy) is 1. The number of hydrogen-bond acceptors (Lipinski definition) is 3. The van der Waals surface area contributed by atoms with Crippen molar-refractivity contribution < 1.29 is 4.74 Å². The number of rotatable bonds is 6. The molecule has 0 aliphatic rings. The minimum absolute atomic E-state index is 0.645. The second-order valence-electron chi connectivity index (χ2n) is 5.08. The molecule has 4 nitrogen and oxygen atoms in total. The van der Waals surface area contributed by atoms with E-state index >= 15 is 0 Å². The minimum Gasteiger partial charge on any atom is -0.454 e. The van der Waals surface area contributed by atoms with Crippen LogP contribution in [0.5, 0.6) is 11.5 Å². The largest absolute Gasteiger partial charge is 0.454 e. The van der Waals surface area contributed by atoms with E-state index in [-0.39, 0.29) is 0 Å². The zero-order valence-electron chi connectivity index (χ0n) is 11.8. The Morgan fingerprint density at radius 3 is 2.79 bits per heavy atom. The molecular weight excluding hydrogens is 238 g/mol. The SMILES string of the molecule is CC(C)CNCc1ccccc1Oc1cnn(C)c1. The molecule has 0 amide bonds. The summed E-state index contributed by atoms with van der Waals surface area (Å²) in [5.74, 6) is 2.29. The molecule has 0 saturated carbocycles. The Morgan fingerprint density at radius 2 is 2.11 bits per heavy atom. The van der Waals surface area contributed by atoms with Crippen molar-refractivity contribution in [3.05, 3.63) is 42.2 Å². The standard InChI is InChI=1S/C15H21N3O/c1-12(2)8-16-9-13-6-4-5-7-15(13)19-14-10-17-18(3)11-14/h4-7,10-12,16H,8-9H2,1-3H3. The summed E-state index contributed by atoms with van der Waals surface area (Å²) in [5.41, 5.74) is 1.16. The van der Waals surface area contributed by atoms with Crippen molar-refractivity contribution in [3.8, 4) is 11.5 Å². The molecule has 0 bridgehead atoms.